The number of aryl methyl sites for hydroxylation is 1. The van der Waals surface area contributed by atoms with Crippen LogP contribution in [0.15, 0.2) is 15.9 Å². The molecule has 2 heterocycles. The molecule has 14 heavy (non-hydrogen) atoms. The van der Waals surface area contributed by atoms with Gasteiger partial charge in [0.05, 0.1) is 0 Å². The maximum atomic E-state index is 11.6. The van der Waals surface area contributed by atoms with Gasteiger partial charge in [-0.15, -0.1) is 0 Å². The van der Waals surface area contributed by atoms with Crippen molar-refractivity contribution in [2.45, 2.75) is 0 Å². The van der Waals surface area contributed by atoms with E-state index in [0.717, 1.165) is 4.57 Å². The van der Waals surface area contributed by atoms with E-state index >= 15 is 0 Å². The van der Waals surface area contributed by atoms with Gasteiger partial charge < -0.3 is 0 Å². The minimum atomic E-state index is -0.331. The van der Waals surface area contributed by atoms with Crippen molar-refractivity contribution in [2.24, 2.45) is 14.1 Å². The summed E-state index contributed by atoms with van der Waals surface area (Å²) in [5.74, 6) is 0. The second-order valence-electron chi connectivity index (χ2n) is 3.03. The Bertz CT molecular complexity index is 621. The van der Waals surface area contributed by atoms with E-state index in [4.69, 9.17) is 0 Å². The van der Waals surface area contributed by atoms with Crippen molar-refractivity contribution < 1.29 is 0 Å². The average molecular weight is 387 g/mol. The number of imidazole rings is 1. The molecule has 6 nitrogen and oxygen atoms in total. The molecule has 0 aliphatic heterocycles. The first-order valence-corrected chi connectivity index (χ1v) is 5.93. The van der Waals surface area contributed by atoms with Gasteiger partial charge in [-0.3, -0.25) is 0 Å². The first kappa shape index (κ1) is 9.62. The van der Waals surface area contributed by atoms with Gasteiger partial charge in [-0.2, -0.15) is 0 Å². The van der Waals surface area contributed by atoms with E-state index in [1.807, 2.05) is 2.38 Å². The van der Waals surface area contributed by atoms with E-state index in [0.29, 0.717) is 37.2 Å². The van der Waals surface area contributed by atoms with Crippen LogP contribution in [-0.2, 0) is 14.1 Å². The predicted octanol–water partition coefficient (Wildman–Crippen LogP) is -1.90. The molecule has 0 bridgehead atoms. The first-order valence-electron chi connectivity index (χ1n) is 3.92. The number of aromatic nitrogens is 4. The van der Waals surface area contributed by atoms with Gasteiger partial charge in [-0.25, -0.2) is 0 Å². The molecular weight excluding hydrogens is 379 g/mol. The van der Waals surface area contributed by atoms with Crippen LogP contribution >= 0.6 is 0 Å². The number of hydrogen-bond donors (Lipinski definition) is 0. The van der Waals surface area contributed by atoms with Gasteiger partial charge in [0.1, 0.15) is 0 Å². The van der Waals surface area contributed by atoms with E-state index in [1.54, 1.807) is 13.4 Å². The van der Waals surface area contributed by atoms with Crippen molar-refractivity contribution in [2.75, 3.05) is 0 Å². The zero-order chi connectivity index (χ0) is 10.5. The fourth-order valence-corrected chi connectivity index (χ4v) is 2.81. The Morgan fingerprint density at radius 1 is 1.29 bits per heavy atom. The van der Waals surface area contributed by atoms with Gasteiger partial charge in [0.2, 0.25) is 0 Å². The van der Waals surface area contributed by atoms with Gasteiger partial charge in [-0.05, 0) is 0 Å². The monoisotopic (exact) mass is 388 g/mol. The number of rotatable bonds is 0. The van der Waals surface area contributed by atoms with Crippen molar-refractivity contribution >= 4 is 37.2 Å². The SMILES string of the molecule is Cn1c(=O)c2nc[n]([PbH])c2n(C)c1=O. The van der Waals surface area contributed by atoms with Crippen molar-refractivity contribution in [3.05, 3.63) is 27.2 Å². The molecule has 0 saturated carbocycles. The van der Waals surface area contributed by atoms with Crippen LogP contribution < -0.4 is 11.2 Å². The van der Waals surface area contributed by atoms with Crippen LogP contribution in [0, 0.1) is 0 Å². The summed E-state index contributed by atoms with van der Waals surface area (Å²) in [7, 11) is 3.10. The van der Waals surface area contributed by atoms with Crippen molar-refractivity contribution in [3.8, 4) is 0 Å². The number of nitrogens with zero attached hydrogens (tertiary/aromatic N) is 4. The summed E-state index contributed by atoms with van der Waals surface area (Å²) in [4.78, 5) is 27.2. The Balaban J connectivity index is 3.22. The first-order chi connectivity index (χ1) is 6.54. The van der Waals surface area contributed by atoms with E-state index < -0.39 is 0 Å². The molecule has 2 aromatic heterocycles. The third kappa shape index (κ3) is 1.09. The molecule has 0 aliphatic rings. The van der Waals surface area contributed by atoms with Crippen LogP contribution in [0.2, 0.25) is 0 Å². The molecule has 72 valence electrons. The molecule has 2 radical (unpaired) electrons. The summed E-state index contributed by atoms with van der Waals surface area (Å²) in [6.45, 7) is 0. The van der Waals surface area contributed by atoms with Gasteiger partial charge in [0.15, 0.2) is 0 Å². The maximum absolute atomic E-state index is 11.6. The molecule has 0 atom stereocenters. The average Bonchev–Trinajstić information content (AvgIpc) is 2.54. The van der Waals surface area contributed by atoms with Gasteiger partial charge in [-0.1, -0.05) is 0 Å². The quantitative estimate of drug-likeness (QED) is 0.496. The normalized spacial score (nSPS) is 11.1. The van der Waals surface area contributed by atoms with E-state index in [1.165, 1.54) is 11.6 Å². The summed E-state index contributed by atoms with van der Waals surface area (Å²) < 4.78 is 4.34. The molecule has 0 aromatic carbocycles. The third-order valence-electron chi connectivity index (χ3n) is 2.17. The molecule has 2 aromatic rings. The van der Waals surface area contributed by atoms with Crippen LogP contribution in [0.1, 0.15) is 0 Å². The summed E-state index contributed by atoms with van der Waals surface area (Å²) in [6.07, 6.45) is 1.59. The minimum absolute atomic E-state index is 0.315. The van der Waals surface area contributed by atoms with Crippen molar-refractivity contribution in [1.82, 2.24) is 16.5 Å². The molecule has 0 amide bonds. The zero-order valence-electron chi connectivity index (χ0n) is 7.76. The second-order valence-corrected chi connectivity index (χ2v) is 5.19. The Morgan fingerprint density at radius 3 is 2.57 bits per heavy atom. The molecular formula is C7H8N4O2Pb. The van der Waals surface area contributed by atoms with Crippen molar-refractivity contribution in [3.63, 3.8) is 0 Å². The fraction of sp³-hybridized carbons (Fsp3) is 0.286. The van der Waals surface area contributed by atoms with E-state index in [2.05, 4.69) is 4.98 Å². The molecule has 0 spiro atoms. The molecule has 0 fully saturated rings. The Labute approximate surface area is 94.9 Å². The number of hydrogen-bond acceptors (Lipinski definition) is 3. The standard InChI is InChI=1S/C7H8N4O2.Pb.H/c1-10-5-4(8-3-9-5)6(12)11(2)7(10)13;;/h3H,1-2H3,(H,8,9,12);;/q;+1;/p-1. The molecule has 0 aliphatic carbocycles. The number of fused-ring (bicyclic) bond motifs is 1. The van der Waals surface area contributed by atoms with E-state index in [-0.39, 0.29) is 11.2 Å². The van der Waals surface area contributed by atoms with Crippen LogP contribution in [0.25, 0.3) is 11.2 Å². The van der Waals surface area contributed by atoms with E-state index in [9.17, 15) is 9.59 Å². The van der Waals surface area contributed by atoms with Gasteiger partial charge in [0, 0.05) is 0 Å². The molecule has 0 unspecified atom stereocenters. The third-order valence-corrected chi connectivity index (χ3v) is 3.64. The van der Waals surface area contributed by atoms with Crippen LogP contribution in [0.5, 0.6) is 0 Å². The molecule has 0 N–H and O–H groups in total. The Kier molecular flexibility index (Phi) is 2.09. The van der Waals surface area contributed by atoms with Gasteiger partial charge >= 0.3 is 95.0 Å². The Morgan fingerprint density at radius 2 is 1.93 bits per heavy atom. The van der Waals surface area contributed by atoms with Crippen LogP contribution in [-0.4, -0.2) is 42.6 Å². The molecule has 0 saturated heterocycles. The van der Waals surface area contributed by atoms with Crippen LogP contribution in [0.3, 0.4) is 0 Å². The van der Waals surface area contributed by atoms with Crippen molar-refractivity contribution in [1.29, 1.82) is 0 Å². The molecule has 2 rings (SSSR count). The summed E-state index contributed by atoms with van der Waals surface area (Å²) in [5, 5.41) is 0. The second kappa shape index (κ2) is 3.04. The van der Waals surface area contributed by atoms with Gasteiger partial charge in [0.25, 0.3) is 0 Å². The fourth-order valence-electron chi connectivity index (χ4n) is 1.40. The summed E-state index contributed by atoms with van der Waals surface area (Å²) in [6, 6.07) is 0. The summed E-state index contributed by atoms with van der Waals surface area (Å²) >= 11 is 0.489. The summed E-state index contributed by atoms with van der Waals surface area (Å²) in [5.41, 5.74) is 0.326. The van der Waals surface area contributed by atoms with Crippen LogP contribution in [0.4, 0.5) is 0 Å². The predicted molar refractivity (Wildman–Crippen MR) is 52.8 cm³/mol. The topological polar surface area (TPSA) is 61.8 Å². The Hall–Kier alpha value is -0.928. The molecule has 7 heteroatoms. The zero-order valence-corrected chi connectivity index (χ0v) is 12.2.